The molecule has 0 spiro atoms. The molecule has 5 nitrogen and oxygen atoms in total. The Morgan fingerprint density at radius 2 is 1.95 bits per heavy atom. The number of anilines is 1. The van der Waals surface area contributed by atoms with Crippen molar-refractivity contribution in [2.24, 2.45) is 5.73 Å². The second kappa shape index (κ2) is 6.90. The van der Waals surface area contributed by atoms with E-state index in [0.717, 1.165) is 8.45 Å². The highest BCUT2D eigenvalue weighted by Crippen LogP contribution is 2.19. The molecule has 7 heteroatoms. The fourth-order valence-electron chi connectivity index (χ4n) is 1.79. The van der Waals surface area contributed by atoms with E-state index in [2.05, 4.69) is 33.2 Å². The molecule has 0 bridgehead atoms. The van der Waals surface area contributed by atoms with Gasteiger partial charge in [0.2, 0.25) is 0 Å². The second-order valence-electron chi connectivity index (χ2n) is 4.45. The molecule has 0 aliphatic rings. The summed E-state index contributed by atoms with van der Waals surface area (Å²) < 4.78 is 1.08. The van der Waals surface area contributed by atoms with E-state index >= 15 is 0 Å². The van der Waals surface area contributed by atoms with Gasteiger partial charge in [0.05, 0.1) is 14.5 Å². The van der Waals surface area contributed by atoms with Gasteiger partial charge in [-0.05, 0) is 53.3 Å². The van der Waals surface area contributed by atoms with Crippen LogP contribution in [-0.2, 0) is 0 Å². The van der Waals surface area contributed by atoms with Gasteiger partial charge in [0.1, 0.15) is 0 Å². The van der Waals surface area contributed by atoms with Gasteiger partial charge < -0.3 is 16.4 Å². The molecule has 0 aliphatic carbocycles. The van der Waals surface area contributed by atoms with Crippen LogP contribution >= 0.6 is 33.9 Å². The number of halogens is 1. The summed E-state index contributed by atoms with van der Waals surface area (Å²) in [5, 5.41) is 7.27. The Morgan fingerprint density at radius 1 is 1.29 bits per heavy atom. The molecule has 110 valence electrons. The topological polar surface area (TPSA) is 84.2 Å². The summed E-state index contributed by atoms with van der Waals surface area (Å²) in [5.41, 5.74) is 7.29. The van der Waals surface area contributed by atoms with Crippen LogP contribution in [0.25, 0.3) is 0 Å². The van der Waals surface area contributed by atoms with E-state index in [1.54, 1.807) is 12.1 Å². The molecule has 1 aromatic carbocycles. The first-order valence-corrected chi connectivity index (χ1v) is 8.13. The largest absolute Gasteiger partial charge is 0.351 e. The van der Waals surface area contributed by atoms with Gasteiger partial charge in [-0.25, -0.2) is 4.79 Å². The number of rotatable bonds is 4. The third kappa shape index (κ3) is 4.43. The van der Waals surface area contributed by atoms with Crippen molar-refractivity contribution in [3.8, 4) is 0 Å². The minimum Gasteiger partial charge on any atom is -0.351 e. The maximum Gasteiger partial charge on any atom is 0.316 e. The van der Waals surface area contributed by atoms with E-state index in [1.165, 1.54) is 11.3 Å². The SMILES string of the molecule is CC(NC(=O)c1csc(I)c1)c1ccc(NC(N)=O)cc1. The number of hydrogen-bond donors (Lipinski definition) is 3. The van der Waals surface area contributed by atoms with Gasteiger partial charge in [-0.1, -0.05) is 12.1 Å². The number of nitrogens with two attached hydrogens (primary N) is 1. The summed E-state index contributed by atoms with van der Waals surface area (Å²) in [6.07, 6.45) is 0. The molecule has 0 radical (unpaired) electrons. The summed E-state index contributed by atoms with van der Waals surface area (Å²) in [6.45, 7) is 1.91. The van der Waals surface area contributed by atoms with Gasteiger partial charge in [0.25, 0.3) is 5.91 Å². The molecule has 21 heavy (non-hydrogen) atoms. The molecular formula is C14H14IN3O2S. The van der Waals surface area contributed by atoms with E-state index < -0.39 is 6.03 Å². The normalized spacial score (nSPS) is 11.7. The average molecular weight is 415 g/mol. The Balaban J connectivity index is 2.01. The van der Waals surface area contributed by atoms with Gasteiger partial charge in [0, 0.05) is 11.1 Å². The van der Waals surface area contributed by atoms with Crippen molar-refractivity contribution in [2.45, 2.75) is 13.0 Å². The Morgan fingerprint density at radius 3 is 2.48 bits per heavy atom. The van der Waals surface area contributed by atoms with Crippen molar-refractivity contribution in [1.29, 1.82) is 0 Å². The maximum absolute atomic E-state index is 12.1. The van der Waals surface area contributed by atoms with Crippen LogP contribution in [-0.4, -0.2) is 11.9 Å². The van der Waals surface area contributed by atoms with Gasteiger partial charge in [-0.15, -0.1) is 11.3 Å². The number of thiophene rings is 1. The maximum atomic E-state index is 12.1. The van der Waals surface area contributed by atoms with Crippen molar-refractivity contribution in [1.82, 2.24) is 5.32 Å². The first-order chi connectivity index (χ1) is 9.95. The molecule has 1 aromatic heterocycles. The molecule has 2 aromatic rings. The molecule has 1 heterocycles. The predicted molar refractivity (Wildman–Crippen MR) is 92.6 cm³/mol. The van der Waals surface area contributed by atoms with Crippen molar-refractivity contribution in [3.05, 3.63) is 49.7 Å². The lowest BCUT2D eigenvalue weighted by atomic mass is 10.1. The van der Waals surface area contributed by atoms with Crippen molar-refractivity contribution in [3.63, 3.8) is 0 Å². The summed E-state index contributed by atoms with van der Waals surface area (Å²) in [4.78, 5) is 22.8. The summed E-state index contributed by atoms with van der Waals surface area (Å²) in [6, 6.07) is 8.30. The first kappa shape index (κ1) is 15.8. The van der Waals surface area contributed by atoms with Crippen LogP contribution < -0.4 is 16.4 Å². The molecule has 1 unspecified atom stereocenters. The highest BCUT2D eigenvalue weighted by Gasteiger charge is 2.12. The Hall–Kier alpha value is -1.61. The standard InChI is InChI=1S/C14H14IN3O2S/c1-8(17-13(19)10-6-12(15)21-7-10)9-2-4-11(5-3-9)18-14(16)20/h2-8H,1H3,(H,17,19)(H3,16,18,20). The minimum absolute atomic E-state index is 0.0963. The number of hydrogen-bond acceptors (Lipinski definition) is 3. The zero-order chi connectivity index (χ0) is 15.4. The second-order valence-corrected chi connectivity index (χ2v) is 7.25. The lowest BCUT2D eigenvalue weighted by molar-refractivity contribution is 0.0940. The van der Waals surface area contributed by atoms with Gasteiger partial charge in [-0.3, -0.25) is 4.79 Å². The van der Waals surface area contributed by atoms with Crippen LogP contribution in [0.2, 0.25) is 0 Å². The van der Waals surface area contributed by atoms with Gasteiger partial charge in [0.15, 0.2) is 0 Å². The molecular weight excluding hydrogens is 401 g/mol. The fraction of sp³-hybridized carbons (Fsp3) is 0.143. The number of urea groups is 1. The lowest BCUT2D eigenvalue weighted by Gasteiger charge is -2.14. The third-order valence-corrected chi connectivity index (χ3v) is 4.64. The third-order valence-electron chi connectivity index (χ3n) is 2.86. The molecule has 0 saturated carbocycles. The summed E-state index contributed by atoms with van der Waals surface area (Å²) in [7, 11) is 0. The van der Waals surface area contributed by atoms with Crippen molar-refractivity contribution >= 4 is 51.6 Å². The van der Waals surface area contributed by atoms with Crippen LogP contribution in [0.15, 0.2) is 35.7 Å². The van der Waals surface area contributed by atoms with Crippen LogP contribution in [0.4, 0.5) is 10.5 Å². The first-order valence-electron chi connectivity index (χ1n) is 6.17. The predicted octanol–water partition coefficient (Wildman–Crippen LogP) is 3.33. The highest BCUT2D eigenvalue weighted by molar-refractivity contribution is 14.1. The summed E-state index contributed by atoms with van der Waals surface area (Å²) >= 11 is 3.72. The van der Waals surface area contributed by atoms with Crippen LogP contribution in [0.3, 0.4) is 0 Å². The van der Waals surface area contributed by atoms with E-state index in [4.69, 9.17) is 5.73 Å². The zero-order valence-corrected chi connectivity index (χ0v) is 14.2. The van der Waals surface area contributed by atoms with Crippen LogP contribution in [0.1, 0.15) is 28.9 Å². The summed E-state index contributed by atoms with van der Waals surface area (Å²) in [5.74, 6) is -0.0963. The number of benzene rings is 1. The number of nitrogens with one attached hydrogen (secondary N) is 2. The molecule has 0 aliphatic heterocycles. The molecule has 0 fully saturated rings. The molecule has 3 amide bonds. The minimum atomic E-state index is -0.601. The Kier molecular flexibility index (Phi) is 5.18. The quantitative estimate of drug-likeness (QED) is 0.670. The van der Waals surface area contributed by atoms with E-state index in [-0.39, 0.29) is 11.9 Å². The molecule has 1 atom stereocenters. The van der Waals surface area contributed by atoms with E-state index in [0.29, 0.717) is 11.3 Å². The van der Waals surface area contributed by atoms with Crippen LogP contribution in [0.5, 0.6) is 0 Å². The Bertz CT molecular complexity index is 654. The number of carbonyl (C=O) groups is 2. The van der Waals surface area contributed by atoms with Crippen LogP contribution in [0, 0.1) is 2.88 Å². The smallest absolute Gasteiger partial charge is 0.316 e. The van der Waals surface area contributed by atoms with Gasteiger partial charge in [-0.2, -0.15) is 0 Å². The van der Waals surface area contributed by atoms with Gasteiger partial charge >= 0.3 is 6.03 Å². The monoisotopic (exact) mass is 415 g/mol. The molecule has 2 rings (SSSR count). The number of carbonyl (C=O) groups excluding carboxylic acids is 2. The zero-order valence-electron chi connectivity index (χ0n) is 11.2. The van der Waals surface area contributed by atoms with Crippen molar-refractivity contribution in [2.75, 3.05) is 5.32 Å². The average Bonchev–Trinajstić information content (AvgIpc) is 2.85. The van der Waals surface area contributed by atoms with E-state index in [9.17, 15) is 9.59 Å². The highest BCUT2D eigenvalue weighted by atomic mass is 127. The fourth-order valence-corrected chi connectivity index (χ4v) is 3.12. The molecule has 0 saturated heterocycles. The Labute approximate surface area is 140 Å². The van der Waals surface area contributed by atoms with E-state index in [1.807, 2.05) is 30.5 Å². The lowest BCUT2D eigenvalue weighted by Crippen LogP contribution is -2.26. The molecule has 4 N–H and O–H groups in total. The number of primary amides is 1. The van der Waals surface area contributed by atoms with Crippen molar-refractivity contribution < 1.29 is 9.59 Å². The number of amides is 3.